The summed E-state index contributed by atoms with van der Waals surface area (Å²) in [4.78, 5) is 13.2. The van der Waals surface area contributed by atoms with Gasteiger partial charge in [0.25, 0.3) is 5.91 Å². The van der Waals surface area contributed by atoms with Gasteiger partial charge in [-0.05, 0) is 48.2 Å². The summed E-state index contributed by atoms with van der Waals surface area (Å²) in [5, 5.41) is 2.77. The zero-order chi connectivity index (χ0) is 17.5. The van der Waals surface area contributed by atoms with E-state index >= 15 is 0 Å². The number of carbonyl (C=O) groups is 1. The highest BCUT2D eigenvalue weighted by atomic mass is 32.2. The Balaban J connectivity index is 2.01. The lowest BCUT2D eigenvalue weighted by Crippen LogP contribution is -2.22. The number of halogens is 2. The van der Waals surface area contributed by atoms with Crippen LogP contribution >= 0.6 is 11.8 Å². The average Bonchev–Trinajstić information content (AvgIpc) is 2.60. The van der Waals surface area contributed by atoms with E-state index in [9.17, 15) is 13.6 Å². The molecule has 0 saturated heterocycles. The average molecular weight is 353 g/mol. The summed E-state index contributed by atoms with van der Waals surface area (Å²) in [6, 6.07) is 11.8. The van der Waals surface area contributed by atoms with Crippen LogP contribution in [0.4, 0.5) is 8.78 Å². The Morgan fingerprint density at radius 2 is 1.88 bits per heavy atom. The van der Waals surface area contributed by atoms with Gasteiger partial charge in [-0.25, -0.2) is 0 Å². The first-order valence-electron chi connectivity index (χ1n) is 7.07. The Morgan fingerprint density at radius 1 is 1.17 bits per heavy atom. The van der Waals surface area contributed by atoms with Gasteiger partial charge in [-0.2, -0.15) is 8.78 Å². The fourth-order valence-electron chi connectivity index (χ4n) is 2.04. The molecule has 2 rings (SSSR count). The van der Waals surface area contributed by atoms with Crippen LogP contribution in [0.15, 0.2) is 47.4 Å². The van der Waals surface area contributed by atoms with E-state index in [1.54, 1.807) is 36.0 Å². The number of nitrogens with one attached hydrogen (secondary N) is 1. The molecule has 0 aliphatic carbocycles. The maximum absolute atomic E-state index is 12.3. The second-order valence-corrected chi connectivity index (χ2v) is 5.65. The normalized spacial score (nSPS) is 10.5. The first-order valence-corrected chi connectivity index (χ1v) is 8.30. The van der Waals surface area contributed by atoms with Crippen molar-refractivity contribution in [3.05, 3.63) is 53.6 Å². The zero-order valence-electron chi connectivity index (χ0n) is 13.2. The second-order valence-electron chi connectivity index (χ2n) is 4.77. The monoisotopic (exact) mass is 353 g/mol. The summed E-state index contributed by atoms with van der Waals surface area (Å²) < 4.78 is 34.0. The Labute approximate surface area is 143 Å². The molecule has 2 aromatic rings. The molecule has 7 heteroatoms. The van der Waals surface area contributed by atoms with Crippen LogP contribution in [0.5, 0.6) is 11.5 Å². The van der Waals surface area contributed by atoms with Crippen molar-refractivity contribution in [3.8, 4) is 11.5 Å². The topological polar surface area (TPSA) is 47.6 Å². The molecule has 0 fully saturated rings. The van der Waals surface area contributed by atoms with Crippen molar-refractivity contribution < 1.29 is 23.0 Å². The fourth-order valence-corrected chi connectivity index (χ4v) is 2.45. The molecule has 0 radical (unpaired) electrons. The molecule has 0 bridgehead atoms. The zero-order valence-corrected chi connectivity index (χ0v) is 14.0. The van der Waals surface area contributed by atoms with Gasteiger partial charge in [-0.15, -0.1) is 11.8 Å². The van der Waals surface area contributed by atoms with Gasteiger partial charge >= 0.3 is 6.61 Å². The van der Waals surface area contributed by atoms with E-state index in [1.165, 1.54) is 13.2 Å². The van der Waals surface area contributed by atoms with E-state index < -0.39 is 6.61 Å². The number of hydrogen-bond acceptors (Lipinski definition) is 4. The summed E-state index contributed by atoms with van der Waals surface area (Å²) in [6.07, 6.45) is 1.96. The van der Waals surface area contributed by atoms with Crippen LogP contribution in [0.3, 0.4) is 0 Å². The van der Waals surface area contributed by atoms with Crippen molar-refractivity contribution in [2.75, 3.05) is 13.4 Å². The summed E-state index contributed by atoms with van der Waals surface area (Å²) in [5.41, 5.74) is 1.26. The summed E-state index contributed by atoms with van der Waals surface area (Å²) >= 11 is 1.60. The summed E-state index contributed by atoms with van der Waals surface area (Å²) in [7, 11) is 1.36. The quantitative estimate of drug-likeness (QED) is 0.766. The van der Waals surface area contributed by atoms with Gasteiger partial charge in [0.15, 0.2) is 11.5 Å². The molecule has 0 spiro atoms. The van der Waals surface area contributed by atoms with Gasteiger partial charge in [-0.1, -0.05) is 6.07 Å². The molecule has 0 heterocycles. The number of alkyl halides is 2. The number of rotatable bonds is 7. The molecule has 0 aliphatic rings. The van der Waals surface area contributed by atoms with Crippen molar-refractivity contribution in [2.45, 2.75) is 18.1 Å². The van der Waals surface area contributed by atoms with Gasteiger partial charge in [-0.3, -0.25) is 4.79 Å². The molecule has 0 unspecified atom stereocenters. The molecule has 1 amide bonds. The number of ether oxygens (including phenoxy) is 2. The number of hydrogen-bond donors (Lipinski definition) is 1. The Morgan fingerprint density at radius 3 is 2.46 bits per heavy atom. The van der Waals surface area contributed by atoms with E-state index in [0.29, 0.717) is 11.1 Å². The van der Waals surface area contributed by atoms with E-state index in [1.807, 2.05) is 18.4 Å². The standard InChI is InChI=1S/C17H17F2NO3S/c1-22-15-9-11(3-8-14(15)23-17(18)19)10-20-16(21)12-4-6-13(24-2)7-5-12/h3-9,17H,10H2,1-2H3,(H,20,21). The Hall–Kier alpha value is -2.28. The summed E-state index contributed by atoms with van der Waals surface area (Å²) in [5.74, 6) is -0.0730. The summed E-state index contributed by atoms with van der Waals surface area (Å²) in [6.45, 7) is -2.68. The van der Waals surface area contributed by atoms with E-state index in [-0.39, 0.29) is 24.0 Å². The van der Waals surface area contributed by atoms with Gasteiger partial charge in [0.05, 0.1) is 7.11 Å². The van der Waals surface area contributed by atoms with E-state index in [4.69, 9.17) is 4.74 Å². The fraction of sp³-hybridized carbons (Fsp3) is 0.235. The Kier molecular flexibility index (Phi) is 6.43. The smallest absolute Gasteiger partial charge is 0.387 e. The van der Waals surface area contributed by atoms with Crippen LogP contribution in [0.2, 0.25) is 0 Å². The molecular formula is C17H17F2NO3S. The molecule has 0 aromatic heterocycles. The largest absolute Gasteiger partial charge is 0.493 e. The van der Waals surface area contributed by atoms with Crippen LogP contribution in [-0.2, 0) is 6.54 Å². The predicted octanol–water partition coefficient (Wildman–Crippen LogP) is 3.95. The van der Waals surface area contributed by atoms with Crippen LogP contribution in [-0.4, -0.2) is 25.9 Å². The van der Waals surface area contributed by atoms with Crippen molar-refractivity contribution in [2.24, 2.45) is 0 Å². The van der Waals surface area contributed by atoms with Gasteiger partial charge in [0.1, 0.15) is 0 Å². The molecule has 1 N–H and O–H groups in total. The molecule has 0 atom stereocenters. The van der Waals surface area contributed by atoms with Crippen LogP contribution in [0.25, 0.3) is 0 Å². The van der Waals surface area contributed by atoms with Gasteiger partial charge in [0, 0.05) is 17.0 Å². The first kappa shape index (κ1) is 18.1. The minimum Gasteiger partial charge on any atom is -0.493 e. The SMILES string of the molecule is COc1cc(CNC(=O)c2ccc(SC)cc2)ccc1OC(F)F. The highest BCUT2D eigenvalue weighted by Crippen LogP contribution is 2.29. The van der Waals surface area contributed by atoms with Gasteiger partial charge < -0.3 is 14.8 Å². The Bertz CT molecular complexity index is 693. The number of amides is 1. The molecule has 0 saturated carbocycles. The molecule has 128 valence electrons. The molecule has 0 aliphatic heterocycles. The van der Waals surface area contributed by atoms with Crippen LogP contribution in [0.1, 0.15) is 15.9 Å². The molecule has 24 heavy (non-hydrogen) atoms. The van der Waals surface area contributed by atoms with Crippen molar-refractivity contribution in [1.82, 2.24) is 5.32 Å². The van der Waals surface area contributed by atoms with Crippen LogP contribution in [0, 0.1) is 0 Å². The third-order valence-corrected chi connectivity index (χ3v) is 3.99. The number of carbonyl (C=O) groups excluding carboxylic acids is 1. The predicted molar refractivity (Wildman–Crippen MR) is 89.0 cm³/mol. The second kappa shape index (κ2) is 8.54. The number of methoxy groups -OCH3 is 1. The third-order valence-electron chi connectivity index (χ3n) is 3.25. The van der Waals surface area contributed by atoms with E-state index in [0.717, 1.165) is 4.90 Å². The molecular weight excluding hydrogens is 336 g/mol. The highest BCUT2D eigenvalue weighted by Gasteiger charge is 2.12. The maximum atomic E-state index is 12.3. The minimum absolute atomic E-state index is 0.0461. The van der Waals surface area contributed by atoms with Crippen molar-refractivity contribution in [1.29, 1.82) is 0 Å². The van der Waals surface area contributed by atoms with E-state index in [2.05, 4.69) is 10.1 Å². The van der Waals surface area contributed by atoms with Crippen LogP contribution < -0.4 is 14.8 Å². The lowest BCUT2D eigenvalue weighted by atomic mass is 10.1. The first-order chi connectivity index (χ1) is 11.5. The highest BCUT2D eigenvalue weighted by molar-refractivity contribution is 7.98. The minimum atomic E-state index is -2.92. The third kappa shape index (κ3) is 4.86. The lowest BCUT2D eigenvalue weighted by Gasteiger charge is -2.12. The van der Waals surface area contributed by atoms with Crippen molar-refractivity contribution in [3.63, 3.8) is 0 Å². The molecule has 2 aromatic carbocycles. The maximum Gasteiger partial charge on any atom is 0.387 e. The lowest BCUT2D eigenvalue weighted by molar-refractivity contribution is -0.0512. The number of benzene rings is 2. The van der Waals surface area contributed by atoms with Crippen molar-refractivity contribution >= 4 is 17.7 Å². The number of thioether (sulfide) groups is 1. The van der Waals surface area contributed by atoms with Gasteiger partial charge in [0.2, 0.25) is 0 Å². The molecule has 4 nitrogen and oxygen atoms in total.